The fourth-order valence-corrected chi connectivity index (χ4v) is 4.37. The third-order valence-corrected chi connectivity index (χ3v) is 6.23. The monoisotopic (exact) mass is 541 g/mol. The van der Waals surface area contributed by atoms with Gasteiger partial charge in [-0.1, -0.05) is 41.4 Å². The molecular weight excluding hydrogens is 518 g/mol. The van der Waals surface area contributed by atoms with E-state index >= 15 is 0 Å². The number of carbonyl (C=O) groups is 2. The lowest BCUT2D eigenvalue weighted by Crippen LogP contribution is -2.19. The molecule has 0 spiro atoms. The van der Waals surface area contributed by atoms with Gasteiger partial charge in [0.1, 0.15) is 5.69 Å². The molecule has 0 saturated carbocycles. The van der Waals surface area contributed by atoms with E-state index in [-0.39, 0.29) is 11.5 Å². The number of furan rings is 1. The lowest BCUT2D eigenvalue weighted by atomic mass is 10.0. The van der Waals surface area contributed by atoms with E-state index in [1.165, 1.54) is 18.5 Å². The summed E-state index contributed by atoms with van der Waals surface area (Å²) < 4.78 is 16.1. The zero-order chi connectivity index (χ0) is 27.4. The Morgan fingerprint density at radius 1 is 1.05 bits per heavy atom. The third-order valence-electron chi connectivity index (χ3n) is 5.90. The molecule has 0 fully saturated rings. The van der Waals surface area contributed by atoms with Gasteiger partial charge in [-0.2, -0.15) is 5.10 Å². The Hall–Kier alpha value is -4.82. The molecule has 3 aromatic carbocycles. The second-order valence-electron chi connectivity index (χ2n) is 8.61. The number of benzene rings is 3. The molecule has 0 radical (unpaired) electrons. The number of aromatic amines is 1. The van der Waals surface area contributed by atoms with Crippen LogP contribution in [0.2, 0.25) is 5.02 Å². The number of hydrazone groups is 1. The molecule has 0 aliphatic carbocycles. The van der Waals surface area contributed by atoms with Gasteiger partial charge in [-0.25, -0.2) is 10.2 Å². The third kappa shape index (κ3) is 5.56. The molecule has 8 nitrogen and oxygen atoms in total. The number of esters is 1. The van der Waals surface area contributed by atoms with Crippen LogP contribution in [0, 0.1) is 6.92 Å². The van der Waals surface area contributed by atoms with Crippen molar-refractivity contribution in [3.05, 3.63) is 107 Å². The number of nitrogens with zero attached hydrogens (tertiary/aromatic N) is 1. The van der Waals surface area contributed by atoms with Gasteiger partial charge in [0, 0.05) is 27.1 Å². The van der Waals surface area contributed by atoms with Crippen LogP contribution in [-0.4, -0.2) is 29.7 Å². The number of hydrogen-bond donors (Lipinski definition) is 2. The Kier molecular flexibility index (Phi) is 7.47. The number of ether oxygens (including phenoxy) is 2. The maximum atomic E-state index is 13.3. The van der Waals surface area contributed by atoms with Crippen molar-refractivity contribution < 1.29 is 23.5 Å². The molecule has 0 bridgehead atoms. The first kappa shape index (κ1) is 25.8. The van der Waals surface area contributed by atoms with Gasteiger partial charge in [0.15, 0.2) is 11.5 Å². The molecule has 0 saturated heterocycles. The second-order valence-corrected chi connectivity index (χ2v) is 9.02. The molecule has 9 heteroatoms. The molecule has 0 aliphatic rings. The molecule has 5 aromatic rings. The summed E-state index contributed by atoms with van der Waals surface area (Å²) in [5.74, 6) is -0.410. The van der Waals surface area contributed by atoms with Crippen molar-refractivity contribution in [1.82, 2.24) is 10.4 Å². The number of rotatable bonds is 8. The molecule has 39 heavy (non-hydrogen) atoms. The average molecular weight is 542 g/mol. The summed E-state index contributed by atoms with van der Waals surface area (Å²) in [5.41, 5.74) is 6.86. The number of H-pyrrole nitrogens is 1. The van der Waals surface area contributed by atoms with E-state index in [2.05, 4.69) is 15.5 Å². The SMILES string of the molecule is CCOc1cc(C=NNC(=O)c2[nH]c3ccc(C)cc3c2-c2ccccc2Cl)ccc1OC(=O)c1ccco1. The highest BCUT2D eigenvalue weighted by atomic mass is 35.5. The van der Waals surface area contributed by atoms with Crippen LogP contribution in [-0.2, 0) is 0 Å². The summed E-state index contributed by atoms with van der Waals surface area (Å²) in [4.78, 5) is 28.7. The topological polar surface area (TPSA) is 106 Å². The molecular formula is C30H24ClN3O5. The van der Waals surface area contributed by atoms with Gasteiger partial charge in [-0.05, 0) is 67.9 Å². The lowest BCUT2D eigenvalue weighted by molar-refractivity contribution is 0.0695. The Morgan fingerprint density at radius 2 is 1.90 bits per heavy atom. The average Bonchev–Trinajstić information content (AvgIpc) is 3.59. The largest absolute Gasteiger partial charge is 0.490 e. The Morgan fingerprint density at radius 3 is 2.67 bits per heavy atom. The zero-order valence-electron chi connectivity index (χ0n) is 21.2. The summed E-state index contributed by atoms with van der Waals surface area (Å²) in [5, 5.41) is 5.56. The van der Waals surface area contributed by atoms with Gasteiger partial charge in [-0.3, -0.25) is 4.79 Å². The number of amides is 1. The van der Waals surface area contributed by atoms with E-state index in [0.717, 1.165) is 22.0 Å². The molecule has 0 atom stereocenters. The van der Waals surface area contributed by atoms with Crippen molar-refractivity contribution in [2.75, 3.05) is 6.61 Å². The molecule has 1 amide bonds. The van der Waals surface area contributed by atoms with Crippen LogP contribution < -0.4 is 14.9 Å². The van der Waals surface area contributed by atoms with Gasteiger partial charge in [0.05, 0.1) is 19.1 Å². The van der Waals surface area contributed by atoms with Crippen molar-refractivity contribution in [2.45, 2.75) is 13.8 Å². The van der Waals surface area contributed by atoms with Crippen LogP contribution in [0.25, 0.3) is 22.0 Å². The second kappa shape index (κ2) is 11.3. The van der Waals surface area contributed by atoms with Gasteiger partial charge in [-0.15, -0.1) is 0 Å². The summed E-state index contributed by atoms with van der Waals surface area (Å²) >= 11 is 6.51. The number of carbonyl (C=O) groups excluding carboxylic acids is 2. The van der Waals surface area contributed by atoms with Crippen LogP contribution in [0.1, 0.15) is 39.1 Å². The smallest absolute Gasteiger partial charge is 0.379 e. The maximum Gasteiger partial charge on any atom is 0.379 e. The highest BCUT2D eigenvalue weighted by Crippen LogP contribution is 2.37. The number of aryl methyl sites for hydroxylation is 1. The molecule has 2 heterocycles. The fraction of sp³-hybridized carbons (Fsp3) is 0.100. The molecule has 5 rings (SSSR count). The van der Waals surface area contributed by atoms with Crippen molar-refractivity contribution in [3.8, 4) is 22.6 Å². The van der Waals surface area contributed by atoms with Crippen molar-refractivity contribution in [2.24, 2.45) is 5.10 Å². The first-order chi connectivity index (χ1) is 18.9. The molecule has 0 aliphatic heterocycles. The van der Waals surface area contributed by atoms with Crippen molar-refractivity contribution in [3.63, 3.8) is 0 Å². The minimum Gasteiger partial charge on any atom is -0.490 e. The van der Waals surface area contributed by atoms with Crippen LogP contribution >= 0.6 is 11.6 Å². The van der Waals surface area contributed by atoms with Crippen molar-refractivity contribution >= 4 is 40.6 Å². The van der Waals surface area contributed by atoms with Gasteiger partial charge in [0.2, 0.25) is 5.76 Å². The summed E-state index contributed by atoms with van der Waals surface area (Å²) in [6.45, 7) is 4.16. The Labute approximate surface area is 229 Å². The zero-order valence-corrected chi connectivity index (χ0v) is 21.9. The number of halogens is 1. The van der Waals surface area contributed by atoms with Crippen LogP contribution in [0.5, 0.6) is 11.5 Å². The van der Waals surface area contributed by atoms with E-state index in [9.17, 15) is 9.59 Å². The normalized spacial score (nSPS) is 11.2. The number of aromatic nitrogens is 1. The van der Waals surface area contributed by atoms with Crippen LogP contribution in [0.15, 0.2) is 88.6 Å². The summed E-state index contributed by atoms with van der Waals surface area (Å²) in [7, 11) is 0. The predicted octanol–water partition coefficient (Wildman–Crippen LogP) is 6.77. The van der Waals surface area contributed by atoms with Gasteiger partial charge >= 0.3 is 5.97 Å². The summed E-state index contributed by atoms with van der Waals surface area (Å²) in [6, 6.07) is 21.3. The highest BCUT2D eigenvalue weighted by molar-refractivity contribution is 6.34. The minimum atomic E-state index is -0.641. The first-order valence-electron chi connectivity index (χ1n) is 12.2. The Bertz CT molecular complexity index is 1690. The van der Waals surface area contributed by atoms with Crippen molar-refractivity contribution in [1.29, 1.82) is 0 Å². The highest BCUT2D eigenvalue weighted by Gasteiger charge is 2.21. The lowest BCUT2D eigenvalue weighted by Gasteiger charge is -2.10. The quantitative estimate of drug-likeness (QED) is 0.0975. The first-order valence-corrected chi connectivity index (χ1v) is 12.6. The van der Waals surface area contributed by atoms with Crippen LogP contribution in [0.3, 0.4) is 0 Å². The molecule has 2 N–H and O–H groups in total. The molecule has 0 unspecified atom stereocenters. The standard InChI is InChI=1S/C30H24ClN3O5/c1-3-37-26-16-19(11-13-24(26)39-30(36)25-9-6-14-38-25)17-32-34-29(35)28-27(20-7-4-5-8-22(20)31)21-15-18(2)10-12-23(21)33-28/h4-17,33H,3H2,1-2H3,(H,34,35). The van der Waals surface area contributed by atoms with E-state index in [4.69, 9.17) is 25.5 Å². The maximum absolute atomic E-state index is 13.3. The van der Waals surface area contributed by atoms with Gasteiger partial charge in [0.25, 0.3) is 5.91 Å². The predicted molar refractivity (Wildman–Crippen MR) is 150 cm³/mol. The van der Waals surface area contributed by atoms with Gasteiger partial charge < -0.3 is 18.9 Å². The number of fused-ring (bicyclic) bond motifs is 1. The molecule has 2 aromatic heterocycles. The fourth-order valence-electron chi connectivity index (χ4n) is 4.14. The number of nitrogens with one attached hydrogen (secondary N) is 2. The van der Waals surface area contributed by atoms with E-state index in [0.29, 0.717) is 34.2 Å². The van der Waals surface area contributed by atoms with E-state index < -0.39 is 11.9 Å². The van der Waals surface area contributed by atoms with E-state index in [1.54, 1.807) is 30.3 Å². The number of hydrogen-bond acceptors (Lipinski definition) is 6. The van der Waals surface area contributed by atoms with E-state index in [1.807, 2.05) is 50.2 Å². The Balaban J connectivity index is 1.39. The summed E-state index contributed by atoms with van der Waals surface area (Å²) in [6.07, 6.45) is 2.86. The minimum absolute atomic E-state index is 0.0779. The van der Waals surface area contributed by atoms with Crippen LogP contribution in [0.4, 0.5) is 0 Å². The molecule has 196 valence electrons.